The van der Waals surface area contributed by atoms with Gasteiger partial charge in [-0.3, -0.25) is 9.89 Å². The summed E-state index contributed by atoms with van der Waals surface area (Å²) >= 11 is 0. The molecular formula is C12H15N7O. The molecule has 104 valence electrons. The van der Waals surface area contributed by atoms with Crippen molar-refractivity contribution in [3.8, 4) is 0 Å². The fourth-order valence-electron chi connectivity index (χ4n) is 2.20. The molecule has 0 saturated carbocycles. The number of aromatic nitrogens is 4. The molecule has 1 aliphatic heterocycles. The minimum Gasteiger partial charge on any atom is -0.383 e. The maximum absolute atomic E-state index is 12.3. The summed E-state index contributed by atoms with van der Waals surface area (Å²) in [5, 5.41) is 6.35. The number of rotatable bonds is 2. The lowest BCUT2D eigenvalue weighted by Gasteiger charge is -2.34. The van der Waals surface area contributed by atoms with Gasteiger partial charge in [-0.05, 0) is 6.07 Å². The number of hydrogen-bond donors (Lipinski definition) is 2. The predicted octanol–water partition coefficient (Wildman–Crippen LogP) is -0.256. The summed E-state index contributed by atoms with van der Waals surface area (Å²) < 4.78 is 0. The summed E-state index contributed by atoms with van der Waals surface area (Å²) in [7, 11) is 0. The fourth-order valence-corrected chi connectivity index (χ4v) is 2.20. The number of hydrogen-bond acceptors (Lipinski definition) is 6. The maximum Gasteiger partial charge on any atom is 0.259 e. The van der Waals surface area contributed by atoms with Crippen molar-refractivity contribution in [3.63, 3.8) is 0 Å². The van der Waals surface area contributed by atoms with Gasteiger partial charge in [0.15, 0.2) is 0 Å². The maximum atomic E-state index is 12.3. The third-order valence-corrected chi connectivity index (χ3v) is 3.30. The van der Waals surface area contributed by atoms with E-state index in [1.54, 1.807) is 23.4 Å². The Bertz CT molecular complexity index is 589. The summed E-state index contributed by atoms with van der Waals surface area (Å²) in [6, 6.07) is 1.78. The van der Waals surface area contributed by atoms with Gasteiger partial charge >= 0.3 is 0 Å². The van der Waals surface area contributed by atoms with Gasteiger partial charge in [0, 0.05) is 38.6 Å². The van der Waals surface area contributed by atoms with E-state index >= 15 is 0 Å². The van der Waals surface area contributed by atoms with Gasteiger partial charge in [-0.25, -0.2) is 9.97 Å². The Morgan fingerprint density at radius 3 is 2.50 bits per heavy atom. The molecule has 20 heavy (non-hydrogen) atoms. The van der Waals surface area contributed by atoms with Crippen LogP contribution in [-0.4, -0.2) is 57.2 Å². The van der Waals surface area contributed by atoms with Crippen LogP contribution in [0, 0.1) is 0 Å². The molecule has 2 aromatic heterocycles. The van der Waals surface area contributed by atoms with E-state index in [1.807, 2.05) is 0 Å². The molecule has 0 aliphatic carbocycles. The number of nitrogens with zero attached hydrogens (tertiary/aromatic N) is 5. The van der Waals surface area contributed by atoms with Gasteiger partial charge in [0.1, 0.15) is 11.4 Å². The molecule has 1 saturated heterocycles. The van der Waals surface area contributed by atoms with Gasteiger partial charge in [0.2, 0.25) is 5.95 Å². The highest BCUT2D eigenvalue weighted by Gasteiger charge is 2.25. The Labute approximate surface area is 115 Å². The van der Waals surface area contributed by atoms with Crippen molar-refractivity contribution in [1.29, 1.82) is 0 Å². The van der Waals surface area contributed by atoms with Gasteiger partial charge in [0.25, 0.3) is 5.91 Å². The Morgan fingerprint density at radius 1 is 1.20 bits per heavy atom. The Kier molecular flexibility index (Phi) is 3.20. The highest BCUT2D eigenvalue weighted by Crippen LogP contribution is 2.14. The van der Waals surface area contributed by atoms with Crippen molar-refractivity contribution in [2.45, 2.75) is 0 Å². The van der Waals surface area contributed by atoms with Crippen molar-refractivity contribution in [3.05, 3.63) is 30.2 Å². The highest BCUT2D eigenvalue weighted by molar-refractivity contribution is 5.98. The number of aromatic amines is 1. The van der Waals surface area contributed by atoms with Crippen molar-refractivity contribution in [1.82, 2.24) is 25.1 Å². The number of nitrogens with one attached hydrogen (secondary N) is 1. The lowest BCUT2D eigenvalue weighted by molar-refractivity contribution is 0.0747. The van der Waals surface area contributed by atoms with Crippen LogP contribution in [0.15, 0.2) is 24.7 Å². The van der Waals surface area contributed by atoms with E-state index in [0.717, 1.165) is 0 Å². The van der Waals surface area contributed by atoms with Crippen molar-refractivity contribution < 1.29 is 4.79 Å². The second kappa shape index (κ2) is 5.16. The number of carbonyl (C=O) groups is 1. The van der Waals surface area contributed by atoms with Crippen LogP contribution in [0.5, 0.6) is 0 Å². The molecule has 3 heterocycles. The third kappa shape index (κ3) is 2.27. The molecule has 3 N–H and O–H groups in total. The highest BCUT2D eigenvalue weighted by atomic mass is 16.2. The molecule has 0 bridgehead atoms. The van der Waals surface area contributed by atoms with Gasteiger partial charge in [-0.2, -0.15) is 5.10 Å². The monoisotopic (exact) mass is 273 g/mol. The number of piperazine rings is 1. The first-order valence-corrected chi connectivity index (χ1v) is 6.36. The number of nitrogens with two attached hydrogens (primary N) is 1. The molecule has 0 radical (unpaired) electrons. The number of anilines is 2. The normalized spacial score (nSPS) is 15.4. The molecule has 8 heteroatoms. The van der Waals surface area contributed by atoms with E-state index in [2.05, 4.69) is 25.1 Å². The van der Waals surface area contributed by atoms with Crippen LogP contribution < -0.4 is 10.6 Å². The van der Waals surface area contributed by atoms with Crippen LogP contribution >= 0.6 is 0 Å². The summed E-state index contributed by atoms with van der Waals surface area (Å²) in [6.45, 7) is 2.63. The van der Waals surface area contributed by atoms with E-state index in [0.29, 0.717) is 43.5 Å². The van der Waals surface area contributed by atoms with Crippen molar-refractivity contribution >= 4 is 17.7 Å². The van der Waals surface area contributed by atoms with Crippen molar-refractivity contribution in [2.75, 3.05) is 36.8 Å². The van der Waals surface area contributed by atoms with Crippen LogP contribution in [0.2, 0.25) is 0 Å². The molecule has 3 rings (SSSR count). The van der Waals surface area contributed by atoms with E-state index in [1.165, 1.54) is 6.20 Å². The third-order valence-electron chi connectivity index (χ3n) is 3.30. The number of H-pyrrole nitrogens is 1. The predicted molar refractivity (Wildman–Crippen MR) is 73.1 cm³/mol. The first kappa shape index (κ1) is 12.4. The molecule has 0 atom stereocenters. The first-order chi connectivity index (χ1) is 9.75. The minimum atomic E-state index is -0.0927. The fraction of sp³-hybridized carbons (Fsp3) is 0.333. The van der Waals surface area contributed by atoms with E-state index in [9.17, 15) is 4.79 Å². The molecule has 0 spiro atoms. The average Bonchev–Trinajstić information content (AvgIpc) is 2.94. The number of nitrogen functional groups attached to an aromatic ring is 1. The van der Waals surface area contributed by atoms with Crippen LogP contribution in [0.25, 0.3) is 0 Å². The van der Waals surface area contributed by atoms with E-state index < -0.39 is 0 Å². The first-order valence-electron chi connectivity index (χ1n) is 6.36. The number of carbonyl (C=O) groups excluding carboxylic acids is 1. The Hall–Kier alpha value is -2.64. The van der Waals surface area contributed by atoms with Crippen molar-refractivity contribution in [2.24, 2.45) is 0 Å². The zero-order valence-corrected chi connectivity index (χ0v) is 10.9. The van der Waals surface area contributed by atoms with Crippen LogP contribution in [0.1, 0.15) is 10.4 Å². The lowest BCUT2D eigenvalue weighted by atomic mass is 10.2. The molecular weight excluding hydrogens is 258 g/mol. The molecule has 0 unspecified atom stereocenters. The van der Waals surface area contributed by atoms with Gasteiger partial charge in [-0.15, -0.1) is 0 Å². The summed E-state index contributed by atoms with van der Waals surface area (Å²) in [6.07, 6.45) is 4.89. The summed E-state index contributed by atoms with van der Waals surface area (Å²) in [5.41, 5.74) is 6.10. The molecule has 1 amide bonds. The van der Waals surface area contributed by atoms with Gasteiger partial charge < -0.3 is 15.5 Å². The van der Waals surface area contributed by atoms with Crippen LogP contribution in [0.4, 0.5) is 11.8 Å². The van der Waals surface area contributed by atoms with Crippen LogP contribution in [0.3, 0.4) is 0 Å². The largest absolute Gasteiger partial charge is 0.383 e. The molecule has 0 aromatic carbocycles. The summed E-state index contributed by atoms with van der Waals surface area (Å²) in [5.74, 6) is 0.913. The molecule has 1 aliphatic rings. The van der Waals surface area contributed by atoms with Gasteiger partial charge in [0.05, 0.1) is 6.20 Å². The van der Waals surface area contributed by atoms with E-state index in [4.69, 9.17) is 5.73 Å². The lowest BCUT2D eigenvalue weighted by Crippen LogP contribution is -2.49. The SMILES string of the molecule is Nc1[nH]ncc1C(=O)N1CCN(c2ncccn2)CC1. The van der Waals surface area contributed by atoms with Gasteiger partial charge in [-0.1, -0.05) is 0 Å². The zero-order valence-electron chi connectivity index (χ0n) is 10.9. The topological polar surface area (TPSA) is 104 Å². The quantitative estimate of drug-likeness (QED) is 0.781. The average molecular weight is 273 g/mol. The second-order valence-electron chi connectivity index (χ2n) is 4.53. The molecule has 8 nitrogen and oxygen atoms in total. The Morgan fingerprint density at radius 2 is 1.90 bits per heavy atom. The standard InChI is InChI=1S/C12H15N7O/c13-10-9(8-16-17-10)11(20)18-4-6-19(7-5-18)12-14-2-1-3-15-12/h1-3,8H,4-7H2,(H3,13,16,17). The Balaban J connectivity index is 1.64. The molecule has 2 aromatic rings. The second-order valence-corrected chi connectivity index (χ2v) is 4.53. The van der Waals surface area contributed by atoms with E-state index in [-0.39, 0.29) is 5.91 Å². The smallest absolute Gasteiger partial charge is 0.259 e. The molecule has 1 fully saturated rings. The zero-order chi connectivity index (χ0) is 13.9. The summed E-state index contributed by atoms with van der Waals surface area (Å²) in [4.78, 5) is 24.5. The van der Waals surface area contributed by atoms with Crippen LogP contribution in [-0.2, 0) is 0 Å². The number of amides is 1. The minimum absolute atomic E-state index is 0.0927.